The van der Waals surface area contributed by atoms with Crippen molar-refractivity contribution in [3.05, 3.63) is 29.7 Å². The van der Waals surface area contributed by atoms with Gasteiger partial charge in [0, 0.05) is 46.0 Å². The van der Waals surface area contributed by atoms with Crippen molar-refractivity contribution in [3.8, 4) is 0 Å². The highest BCUT2D eigenvalue weighted by Gasteiger charge is 2.24. The first kappa shape index (κ1) is 18.8. The number of piperazine rings is 1. The summed E-state index contributed by atoms with van der Waals surface area (Å²) in [6.45, 7) is 8.53. The number of hydrogen-bond donors (Lipinski definition) is 1. The predicted octanol–water partition coefficient (Wildman–Crippen LogP) is 0.823. The van der Waals surface area contributed by atoms with Crippen LogP contribution in [0.3, 0.4) is 0 Å². The number of pyridine rings is 1. The topological polar surface area (TPSA) is 83.2 Å². The summed E-state index contributed by atoms with van der Waals surface area (Å²) in [4.78, 5) is 17.0. The summed E-state index contributed by atoms with van der Waals surface area (Å²) in [5.74, 6) is 0.480. The number of hydrogen-bond acceptors (Lipinski definition) is 6. The zero-order valence-electron chi connectivity index (χ0n) is 15.6. The van der Waals surface area contributed by atoms with E-state index >= 15 is 0 Å². The molecule has 8 nitrogen and oxygen atoms in total. The molecule has 1 unspecified atom stereocenters. The second-order valence-corrected chi connectivity index (χ2v) is 7.02. The summed E-state index contributed by atoms with van der Waals surface area (Å²) in [5, 5.41) is 18.5. The smallest absolute Gasteiger partial charge is 0.255 e. The summed E-state index contributed by atoms with van der Waals surface area (Å²) < 4.78 is 6.83. The molecule has 1 amide bonds. The first-order chi connectivity index (χ1) is 12.5. The Hall–Kier alpha value is -2.03. The van der Waals surface area contributed by atoms with Crippen molar-refractivity contribution < 1.29 is 14.6 Å². The van der Waals surface area contributed by atoms with E-state index in [1.165, 1.54) is 0 Å². The minimum absolute atomic E-state index is 0.00280. The van der Waals surface area contributed by atoms with Crippen molar-refractivity contribution in [1.82, 2.24) is 24.4 Å². The first-order valence-electron chi connectivity index (χ1n) is 9.04. The lowest BCUT2D eigenvalue weighted by Gasteiger charge is -2.34. The summed E-state index contributed by atoms with van der Waals surface area (Å²) in [7, 11) is 1.70. The molecule has 1 aliphatic heterocycles. The third kappa shape index (κ3) is 3.87. The van der Waals surface area contributed by atoms with Gasteiger partial charge in [-0.05, 0) is 18.1 Å². The van der Waals surface area contributed by atoms with Gasteiger partial charge in [0.15, 0.2) is 11.5 Å². The Balaban J connectivity index is 1.74. The molecule has 1 saturated heterocycles. The number of methoxy groups -OCH3 is 1. The van der Waals surface area contributed by atoms with E-state index in [9.17, 15) is 9.90 Å². The molecule has 0 bridgehead atoms. The van der Waals surface area contributed by atoms with Crippen LogP contribution in [-0.2, 0) is 4.74 Å². The normalized spacial score (nSPS) is 17.2. The van der Waals surface area contributed by atoms with Gasteiger partial charge in [-0.1, -0.05) is 13.8 Å². The molecule has 0 aliphatic carbocycles. The fourth-order valence-electron chi connectivity index (χ4n) is 3.11. The quantitative estimate of drug-likeness (QED) is 0.820. The van der Waals surface area contributed by atoms with Crippen LogP contribution in [-0.4, -0.2) is 81.9 Å². The molecule has 1 aliphatic rings. The number of aliphatic hydroxyl groups is 1. The van der Waals surface area contributed by atoms with E-state index in [1.54, 1.807) is 29.8 Å². The molecule has 0 spiro atoms. The van der Waals surface area contributed by atoms with Crippen LogP contribution in [0.25, 0.3) is 5.65 Å². The minimum atomic E-state index is -0.723. The molecule has 3 rings (SSSR count). The summed E-state index contributed by atoms with van der Waals surface area (Å²) >= 11 is 0. The highest BCUT2D eigenvalue weighted by molar-refractivity contribution is 5.94. The Morgan fingerprint density at radius 1 is 1.23 bits per heavy atom. The molecular weight excluding hydrogens is 334 g/mol. The monoisotopic (exact) mass is 361 g/mol. The van der Waals surface area contributed by atoms with Crippen LogP contribution in [0, 0.1) is 5.92 Å². The van der Waals surface area contributed by atoms with Crippen LogP contribution in [0.1, 0.15) is 36.1 Å². The standard InChI is InChI=1S/C18H27N5O3/c1-13(2)16(24)17-20-19-15-5-4-14(12-23(15)17)18(25)22-8-6-21(7-9-22)10-11-26-3/h4-5,12-13,16,24H,6-11H2,1-3H3. The van der Waals surface area contributed by atoms with Crippen molar-refractivity contribution >= 4 is 11.6 Å². The van der Waals surface area contributed by atoms with E-state index < -0.39 is 6.10 Å². The van der Waals surface area contributed by atoms with Gasteiger partial charge in [-0.25, -0.2) is 0 Å². The van der Waals surface area contributed by atoms with E-state index in [0.717, 1.165) is 19.6 Å². The average molecular weight is 361 g/mol. The maximum Gasteiger partial charge on any atom is 0.255 e. The Morgan fingerprint density at radius 3 is 2.62 bits per heavy atom. The predicted molar refractivity (Wildman–Crippen MR) is 97.0 cm³/mol. The number of nitrogens with zero attached hydrogens (tertiary/aromatic N) is 5. The number of carbonyl (C=O) groups excluding carboxylic acids is 1. The Bertz CT molecular complexity index is 752. The zero-order valence-corrected chi connectivity index (χ0v) is 15.6. The van der Waals surface area contributed by atoms with Gasteiger partial charge in [-0.15, -0.1) is 10.2 Å². The lowest BCUT2D eigenvalue weighted by atomic mass is 10.1. The lowest BCUT2D eigenvalue weighted by molar-refractivity contribution is 0.0593. The fourth-order valence-corrected chi connectivity index (χ4v) is 3.11. The molecule has 0 aromatic carbocycles. The molecule has 3 heterocycles. The summed E-state index contributed by atoms with van der Waals surface area (Å²) in [5.41, 5.74) is 1.21. The minimum Gasteiger partial charge on any atom is -0.385 e. The van der Waals surface area contributed by atoms with Crippen molar-refractivity contribution in [1.29, 1.82) is 0 Å². The van der Waals surface area contributed by atoms with Crippen LogP contribution in [0.5, 0.6) is 0 Å². The van der Waals surface area contributed by atoms with Crippen molar-refractivity contribution in [2.24, 2.45) is 5.92 Å². The number of aromatic nitrogens is 3. The molecule has 1 atom stereocenters. The van der Waals surface area contributed by atoms with E-state index in [0.29, 0.717) is 36.7 Å². The Morgan fingerprint density at radius 2 is 1.96 bits per heavy atom. The van der Waals surface area contributed by atoms with E-state index in [4.69, 9.17) is 4.74 Å². The van der Waals surface area contributed by atoms with Crippen molar-refractivity contribution in [2.75, 3.05) is 46.4 Å². The molecule has 1 N–H and O–H groups in total. The number of amides is 1. The summed E-state index contributed by atoms with van der Waals surface area (Å²) in [6, 6.07) is 3.54. The maximum absolute atomic E-state index is 12.9. The van der Waals surface area contributed by atoms with Gasteiger partial charge < -0.3 is 14.7 Å². The molecule has 2 aromatic heterocycles. The maximum atomic E-state index is 12.9. The highest BCUT2D eigenvalue weighted by Crippen LogP contribution is 2.21. The van der Waals surface area contributed by atoms with Crippen molar-refractivity contribution in [2.45, 2.75) is 20.0 Å². The van der Waals surface area contributed by atoms with E-state index in [1.807, 2.05) is 18.7 Å². The summed E-state index contributed by atoms with van der Waals surface area (Å²) in [6.07, 6.45) is 1.01. The molecular formula is C18H27N5O3. The zero-order chi connectivity index (χ0) is 18.7. The third-order valence-corrected chi connectivity index (χ3v) is 4.84. The number of fused-ring (bicyclic) bond motifs is 1. The second kappa shape index (κ2) is 8.11. The Kier molecular flexibility index (Phi) is 5.85. The first-order valence-corrected chi connectivity index (χ1v) is 9.04. The number of rotatable bonds is 6. The van der Waals surface area contributed by atoms with Gasteiger partial charge in [0.05, 0.1) is 12.2 Å². The largest absolute Gasteiger partial charge is 0.385 e. The second-order valence-electron chi connectivity index (χ2n) is 7.02. The number of ether oxygens (including phenoxy) is 1. The fraction of sp³-hybridized carbons (Fsp3) is 0.611. The van der Waals surface area contributed by atoms with Crippen molar-refractivity contribution in [3.63, 3.8) is 0 Å². The van der Waals surface area contributed by atoms with Crippen LogP contribution >= 0.6 is 0 Å². The van der Waals surface area contributed by atoms with Gasteiger partial charge in [0.25, 0.3) is 5.91 Å². The van der Waals surface area contributed by atoms with E-state index in [-0.39, 0.29) is 11.8 Å². The van der Waals surface area contributed by atoms with Gasteiger partial charge in [-0.2, -0.15) is 0 Å². The van der Waals surface area contributed by atoms with Crippen LogP contribution in [0.15, 0.2) is 18.3 Å². The molecule has 26 heavy (non-hydrogen) atoms. The van der Waals surface area contributed by atoms with Gasteiger partial charge in [-0.3, -0.25) is 14.1 Å². The lowest BCUT2D eigenvalue weighted by Crippen LogP contribution is -2.49. The van der Waals surface area contributed by atoms with Crippen LogP contribution in [0.2, 0.25) is 0 Å². The van der Waals surface area contributed by atoms with Crippen LogP contribution < -0.4 is 0 Å². The SMILES string of the molecule is COCCN1CCN(C(=O)c2ccc3nnc(C(O)C(C)C)n3c2)CC1. The van der Waals surface area contributed by atoms with Crippen LogP contribution in [0.4, 0.5) is 0 Å². The third-order valence-electron chi connectivity index (χ3n) is 4.84. The molecule has 1 fully saturated rings. The van der Waals surface area contributed by atoms with Gasteiger partial charge >= 0.3 is 0 Å². The molecule has 8 heteroatoms. The molecule has 142 valence electrons. The molecule has 0 saturated carbocycles. The van der Waals surface area contributed by atoms with E-state index in [2.05, 4.69) is 15.1 Å². The molecule has 0 radical (unpaired) electrons. The average Bonchev–Trinajstić information content (AvgIpc) is 3.08. The number of carbonyl (C=O) groups is 1. The molecule has 2 aromatic rings. The Labute approximate surface area is 153 Å². The van der Waals surface area contributed by atoms with Gasteiger partial charge in [0.1, 0.15) is 6.10 Å². The number of aliphatic hydroxyl groups excluding tert-OH is 1. The van der Waals surface area contributed by atoms with Gasteiger partial charge in [0.2, 0.25) is 0 Å². The highest BCUT2D eigenvalue weighted by atomic mass is 16.5.